The number of rotatable bonds is 2. The fraction of sp³-hybridized carbons (Fsp3) is 0.938. The van der Waals surface area contributed by atoms with Crippen molar-refractivity contribution in [2.45, 2.75) is 63.5 Å². The third kappa shape index (κ3) is 3.17. The van der Waals surface area contributed by atoms with E-state index < -0.39 is 0 Å². The maximum absolute atomic E-state index is 12.6. The molecule has 3 atom stereocenters. The number of amides is 1. The third-order valence-electron chi connectivity index (χ3n) is 5.56. The predicted molar refractivity (Wildman–Crippen MR) is 80.3 cm³/mol. The molecule has 114 valence electrons. The van der Waals surface area contributed by atoms with Crippen LogP contribution in [-0.4, -0.2) is 54.0 Å². The number of nitrogens with zero attached hydrogens (tertiary/aromatic N) is 2. The van der Waals surface area contributed by atoms with Gasteiger partial charge < -0.3 is 10.6 Å². The van der Waals surface area contributed by atoms with Gasteiger partial charge in [-0.25, -0.2) is 0 Å². The summed E-state index contributed by atoms with van der Waals surface area (Å²) < 4.78 is 0. The van der Waals surface area contributed by atoms with Gasteiger partial charge in [0.05, 0.1) is 0 Å². The van der Waals surface area contributed by atoms with Crippen molar-refractivity contribution in [1.29, 1.82) is 0 Å². The number of hydrogen-bond acceptors (Lipinski definition) is 3. The zero-order valence-corrected chi connectivity index (χ0v) is 12.6. The first-order valence-corrected chi connectivity index (χ1v) is 8.51. The maximum atomic E-state index is 12.6. The quantitative estimate of drug-likeness (QED) is 0.835. The molecule has 2 saturated heterocycles. The van der Waals surface area contributed by atoms with Crippen molar-refractivity contribution in [3.63, 3.8) is 0 Å². The van der Waals surface area contributed by atoms with Crippen LogP contribution < -0.4 is 5.73 Å². The standard InChI is InChI=1S/C16H29N3O/c17-15-7-2-1-5-13(15)11-16(20)19-10-4-9-18-8-3-6-14(18)12-19/h13-15H,1-12,17H2. The molecule has 0 aromatic carbocycles. The van der Waals surface area contributed by atoms with E-state index in [4.69, 9.17) is 5.73 Å². The van der Waals surface area contributed by atoms with Gasteiger partial charge in [0.25, 0.3) is 0 Å². The van der Waals surface area contributed by atoms with Crippen molar-refractivity contribution in [2.24, 2.45) is 11.7 Å². The van der Waals surface area contributed by atoms with Crippen molar-refractivity contribution in [3.8, 4) is 0 Å². The zero-order valence-electron chi connectivity index (χ0n) is 12.6. The molecular formula is C16H29N3O. The molecule has 0 aromatic rings. The van der Waals surface area contributed by atoms with Gasteiger partial charge in [0.1, 0.15) is 0 Å². The summed E-state index contributed by atoms with van der Waals surface area (Å²) in [6.07, 6.45) is 9.15. The molecule has 4 heteroatoms. The van der Waals surface area contributed by atoms with E-state index >= 15 is 0 Å². The molecular weight excluding hydrogens is 250 g/mol. The second-order valence-corrected chi connectivity index (χ2v) is 6.94. The van der Waals surface area contributed by atoms with Crippen molar-refractivity contribution < 1.29 is 4.79 Å². The van der Waals surface area contributed by atoms with Crippen LogP contribution in [0.25, 0.3) is 0 Å². The lowest BCUT2D eigenvalue weighted by Gasteiger charge is -2.31. The van der Waals surface area contributed by atoms with E-state index in [0.29, 0.717) is 24.3 Å². The van der Waals surface area contributed by atoms with E-state index in [0.717, 1.165) is 32.4 Å². The topological polar surface area (TPSA) is 49.6 Å². The highest BCUT2D eigenvalue weighted by Crippen LogP contribution is 2.27. The molecule has 1 saturated carbocycles. The summed E-state index contributed by atoms with van der Waals surface area (Å²) >= 11 is 0. The summed E-state index contributed by atoms with van der Waals surface area (Å²) in [5, 5.41) is 0. The van der Waals surface area contributed by atoms with Gasteiger partial charge >= 0.3 is 0 Å². The van der Waals surface area contributed by atoms with Crippen LogP contribution in [0.2, 0.25) is 0 Å². The van der Waals surface area contributed by atoms with Crippen LogP contribution in [0.5, 0.6) is 0 Å². The Balaban J connectivity index is 1.55. The van der Waals surface area contributed by atoms with Gasteiger partial charge in [0.2, 0.25) is 5.91 Å². The lowest BCUT2D eigenvalue weighted by atomic mass is 9.82. The molecule has 2 heterocycles. The number of carbonyl (C=O) groups excluding carboxylic acids is 1. The number of hydrogen-bond donors (Lipinski definition) is 1. The Hall–Kier alpha value is -0.610. The largest absolute Gasteiger partial charge is 0.341 e. The lowest BCUT2D eigenvalue weighted by Crippen LogP contribution is -2.42. The third-order valence-corrected chi connectivity index (χ3v) is 5.56. The summed E-state index contributed by atoms with van der Waals surface area (Å²) in [6.45, 7) is 4.33. The van der Waals surface area contributed by atoms with Crippen LogP contribution >= 0.6 is 0 Å². The van der Waals surface area contributed by atoms with Crippen molar-refractivity contribution >= 4 is 5.91 Å². The minimum atomic E-state index is 0.252. The SMILES string of the molecule is NC1CCCCC1CC(=O)N1CCCN2CCCC2C1. The Kier molecular flexibility index (Phi) is 4.61. The summed E-state index contributed by atoms with van der Waals surface area (Å²) in [5.41, 5.74) is 6.19. The van der Waals surface area contributed by atoms with E-state index in [-0.39, 0.29) is 6.04 Å². The Labute approximate surface area is 122 Å². The smallest absolute Gasteiger partial charge is 0.222 e. The minimum Gasteiger partial charge on any atom is -0.341 e. The molecule has 0 spiro atoms. The highest BCUT2D eigenvalue weighted by molar-refractivity contribution is 5.76. The molecule has 3 aliphatic rings. The monoisotopic (exact) mass is 279 g/mol. The van der Waals surface area contributed by atoms with Crippen LogP contribution in [0.1, 0.15) is 51.4 Å². The van der Waals surface area contributed by atoms with Gasteiger partial charge in [-0.15, -0.1) is 0 Å². The Morgan fingerprint density at radius 1 is 1.00 bits per heavy atom. The van der Waals surface area contributed by atoms with Gasteiger partial charge in [-0.3, -0.25) is 9.69 Å². The molecule has 3 unspecified atom stereocenters. The molecule has 2 N–H and O–H groups in total. The molecule has 1 aliphatic carbocycles. The highest BCUT2D eigenvalue weighted by atomic mass is 16.2. The number of nitrogens with two attached hydrogens (primary N) is 1. The first-order valence-electron chi connectivity index (χ1n) is 8.51. The fourth-order valence-electron chi connectivity index (χ4n) is 4.28. The second-order valence-electron chi connectivity index (χ2n) is 6.94. The first-order chi connectivity index (χ1) is 9.74. The van der Waals surface area contributed by atoms with Gasteiger partial charge in [-0.05, 0) is 44.6 Å². The van der Waals surface area contributed by atoms with E-state index in [2.05, 4.69) is 9.80 Å². The predicted octanol–water partition coefficient (Wildman–Crippen LogP) is 1.59. The summed E-state index contributed by atoms with van der Waals surface area (Å²) in [5.74, 6) is 0.792. The molecule has 3 fully saturated rings. The summed E-state index contributed by atoms with van der Waals surface area (Å²) in [7, 11) is 0. The molecule has 0 radical (unpaired) electrons. The molecule has 3 rings (SSSR count). The average molecular weight is 279 g/mol. The molecule has 0 bridgehead atoms. The van der Waals surface area contributed by atoms with Crippen LogP contribution in [0.3, 0.4) is 0 Å². The Bertz CT molecular complexity index is 347. The average Bonchev–Trinajstić information content (AvgIpc) is 2.78. The van der Waals surface area contributed by atoms with Gasteiger partial charge in [0.15, 0.2) is 0 Å². The lowest BCUT2D eigenvalue weighted by molar-refractivity contribution is -0.132. The van der Waals surface area contributed by atoms with Crippen LogP contribution in [0.15, 0.2) is 0 Å². The van der Waals surface area contributed by atoms with Crippen molar-refractivity contribution in [1.82, 2.24) is 9.80 Å². The van der Waals surface area contributed by atoms with Gasteiger partial charge in [0, 0.05) is 38.1 Å². The van der Waals surface area contributed by atoms with Crippen LogP contribution in [-0.2, 0) is 4.79 Å². The second kappa shape index (κ2) is 6.44. The zero-order chi connectivity index (χ0) is 13.9. The summed E-state index contributed by atoms with van der Waals surface area (Å²) in [6, 6.07) is 0.879. The van der Waals surface area contributed by atoms with E-state index in [1.54, 1.807) is 0 Å². The maximum Gasteiger partial charge on any atom is 0.222 e. The van der Waals surface area contributed by atoms with E-state index in [9.17, 15) is 4.79 Å². The van der Waals surface area contributed by atoms with Crippen LogP contribution in [0.4, 0.5) is 0 Å². The normalized spacial score (nSPS) is 35.6. The van der Waals surface area contributed by atoms with E-state index in [1.165, 1.54) is 38.8 Å². The van der Waals surface area contributed by atoms with Crippen molar-refractivity contribution in [3.05, 3.63) is 0 Å². The first kappa shape index (κ1) is 14.3. The number of carbonyl (C=O) groups is 1. The van der Waals surface area contributed by atoms with E-state index in [1.807, 2.05) is 0 Å². The Morgan fingerprint density at radius 3 is 2.65 bits per heavy atom. The highest BCUT2D eigenvalue weighted by Gasteiger charge is 2.32. The Morgan fingerprint density at radius 2 is 1.80 bits per heavy atom. The number of fused-ring (bicyclic) bond motifs is 1. The molecule has 0 aromatic heterocycles. The molecule has 20 heavy (non-hydrogen) atoms. The molecule has 2 aliphatic heterocycles. The minimum absolute atomic E-state index is 0.252. The summed E-state index contributed by atoms with van der Waals surface area (Å²) in [4.78, 5) is 17.3. The van der Waals surface area contributed by atoms with Crippen molar-refractivity contribution in [2.75, 3.05) is 26.2 Å². The molecule has 4 nitrogen and oxygen atoms in total. The molecule has 1 amide bonds. The van der Waals surface area contributed by atoms with Crippen LogP contribution in [0, 0.1) is 5.92 Å². The fourth-order valence-corrected chi connectivity index (χ4v) is 4.28. The van der Waals surface area contributed by atoms with Gasteiger partial charge in [-0.1, -0.05) is 12.8 Å². The van der Waals surface area contributed by atoms with Gasteiger partial charge in [-0.2, -0.15) is 0 Å².